The summed E-state index contributed by atoms with van der Waals surface area (Å²) in [5.41, 5.74) is 4.58. The van der Waals surface area contributed by atoms with Crippen LogP contribution in [0.4, 0.5) is 4.79 Å². The van der Waals surface area contributed by atoms with Crippen LogP contribution >= 0.6 is 0 Å². The summed E-state index contributed by atoms with van der Waals surface area (Å²) in [6, 6.07) is -0.899. The fraction of sp³-hybridized carbons (Fsp3) is 0.750. The molecular formula is C12H21N3O4. The zero-order chi connectivity index (χ0) is 14.6. The van der Waals surface area contributed by atoms with Gasteiger partial charge in [-0.3, -0.25) is 9.59 Å². The van der Waals surface area contributed by atoms with Crippen LogP contribution in [0.3, 0.4) is 0 Å². The van der Waals surface area contributed by atoms with Crippen molar-refractivity contribution in [3.05, 3.63) is 0 Å². The molecule has 1 aliphatic rings. The SMILES string of the molecule is CC(C)(C)OC(=O)NC(CC1CCNC1=O)C(N)=O. The van der Waals surface area contributed by atoms with Gasteiger partial charge in [-0.25, -0.2) is 4.79 Å². The summed E-state index contributed by atoms with van der Waals surface area (Å²) in [5.74, 6) is -1.09. The fourth-order valence-corrected chi connectivity index (χ4v) is 1.85. The Morgan fingerprint density at radius 2 is 2.16 bits per heavy atom. The van der Waals surface area contributed by atoms with Crippen LogP contribution in [0.15, 0.2) is 0 Å². The summed E-state index contributed by atoms with van der Waals surface area (Å²) >= 11 is 0. The van der Waals surface area contributed by atoms with E-state index in [4.69, 9.17) is 10.5 Å². The highest BCUT2D eigenvalue weighted by molar-refractivity contribution is 5.86. The smallest absolute Gasteiger partial charge is 0.408 e. The molecule has 19 heavy (non-hydrogen) atoms. The van der Waals surface area contributed by atoms with Gasteiger partial charge < -0.3 is 21.1 Å². The molecule has 4 N–H and O–H groups in total. The molecule has 7 nitrogen and oxygen atoms in total. The van der Waals surface area contributed by atoms with Gasteiger partial charge in [0.15, 0.2) is 0 Å². The topological polar surface area (TPSA) is 111 Å². The van der Waals surface area contributed by atoms with Crippen LogP contribution in [0.5, 0.6) is 0 Å². The molecule has 0 aromatic rings. The first-order valence-electron chi connectivity index (χ1n) is 6.25. The molecule has 0 aliphatic carbocycles. The van der Waals surface area contributed by atoms with E-state index >= 15 is 0 Å². The highest BCUT2D eigenvalue weighted by Crippen LogP contribution is 2.16. The van der Waals surface area contributed by atoms with Gasteiger partial charge in [-0.15, -0.1) is 0 Å². The van der Waals surface area contributed by atoms with Gasteiger partial charge in [0, 0.05) is 12.5 Å². The van der Waals surface area contributed by atoms with Gasteiger partial charge in [0.05, 0.1) is 0 Å². The lowest BCUT2D eigenvalue weighted by Crippen LogP contribution is -2.47. The largest absolute Gasteiger partial charge is 0.444 e. The average molecular weight is 271 g/mol. The summed E-state index contributed by atoms with van der Waals surface area (Å²) in [4.78, 5) is 34.3. The van der Waals surface area contributed by atoms with E-state index in [0.717, 1.165) is 0 Å². The molecular weight excluding hydrogens is 250 g/mol. The number of nitrogens with one attached hydrogen (secondary N) is 2. The highest BCUT2D eigenvalue weighted by Gasteiger charge is 2.31. The second kappa shape index (κ2) is 5.90. The number of carbonyl (C=O) groups excluding carboxylic acids is 3. The monoisotopic (exact) mass is 271 g/mol. The third-order valence-corrected chi connectivity index (χ3v) is 2.72. The van der Waals surface area contributed by atoms with E-state index in [0.29, 0.717) is 13.0 Å². The number of ether oxygens (including phenoxy) is 1. The maximum absolute atomic E-state index is 11.6. The molecule has 2 unspecified atom stereocenters. The van der Waals surface area contributed by atoms with Crippen LogP contribution in [0.1, 0.15) is 33.6 Å². The lowest BCUT2D eigenvalue weighted by molar-refractivity contribution is -0.124. The molecule has 3 amide bonds. The molecule has 0 saturated carbocycles. The maximum Gasteiger partial charge on any atom is 0.408 e. The third-order valence-electron chi connectivity index (χ3n) is 2.72. The van der Waals surface area contributed by atoms with Gasteiger partial charge in [-0.1, -0.05) is 0 Å². The molecule has 0 radical (unpaired) electrons. The van der Waals surface area contributed by atoms with E-state index in [1.807, 2.05) is 0 Å². The summed E-state index contributed by atoms with van der Waals surface area (Å²) in [5, 5.41) is 5.08. The quantitative estimate of drug-likeness (QED) is 0.662. The number of amides is 3. The highest BCUT2D eigenvalue weighted by atomic mass is 16.6. The number of nitrogens with two attached hydrogens (primary N) is 1. The van der Waals surface area contributed by atoms with Gasteiger partial charge in [0.1, 0.15) is 11.6 Å². The van der Waals surface area contributed by atoms with Crippen LogP contribution in [-0.4, -0.2) is 36.1 Å². The van der Waals surface area contributed by atoms with Crippen molar-refractivity contribution >= 4 is 17.9 Å². The summed E-state index contributed by atoms with van der Waals surface area (Å²) in [6.45, 7) is 5.74. The van der Waals surface area contributed by atoms with Crippen LogP contribution in [-0.2, 0) is 14.3 Å². The molecule has 1 saturated heterocycles. The van der Waals surface area contributed by atoms with Gasteiger partial charge in [0.25, 0.3) is 0 Å². The Hall–Kier alpha value is -1.79. The zero-order valence-corrected chi connectivity index (χ0v) is 11.5. The second-order valence-electron chi connectivity index (χ2n) is 5.61. The van der Waals surface area contributed by atoms with Crippen molar-refractivity contribution in [2.45, 2.75) is 45.3 Å². The molecule has 7 heteroatoms. The minimum atomic E-state index is -0.899. The Bertz CT molecular complexity index is 376. The maximum atomic E-state index is 11.6. The van der Waals surface area contributed by atoms with E-state index < -0.39 is 23.6 Å². The van der Waals surface area contributed by atoms with Crippen molar-refractivity contribution in [1.29, 1.82) is 0 Å². The summed E-state index contributed by atoms with van der Waals surface area (Å²) in [7, 11) is 0. The van der Waals surface area contributed by atoms with Crippen molar-refractivity contribution in [2.24, 2.45) is 11.7 Å². The molecule has 0 aromatic heterocycles. The van der Waals surface area contributed by atoms with Crippen LogP contribution in [0, 0.1) is 5.92 Å². The molecule has 1 rings (SSSR count). The molecule has 1 fully saturated rings. The molecule has 2 atom stereocenters. The average Bonchev–Trinajstić information content (AvgIpc) is 2.60. The predicted octanol–water partition coefficient (Wildman–Crippen LogP) is -0.109. The Morgan fingerprint density at radius 3 is 2.58 bits per heavy atom. The fourth-order valence-electron chi connectivity index (χ4n) is 1.85. The van der Waals surface area contributed by atoms with Crippen molar-refractivity contribution in [1.82, 2.24) is 10.6 Å². The van der Waals surface area contributed by atoms with E-state index in [2.05, 4.69) is 10.6 Å². The molecule has 1 aliphatic heterocycles. The zero-order valence-electron chi connectivity index (χ0n) is 11.5. The molecule has 108 valence electrons. The third kappa shape index (κ3) is 5.15. The summed E-state index contributed by atoms with van der Waals surface area (Å²) < 4.78 is 5.05. The molecule has 0 aromatic carbocycles. The van der Waals surface area contributed by atoms with Crippen LogP contribution in [0.25, 0.3) is 0 Å². The molecule has 0 bridgehead atoms. The number of hydrogen-bond acceptors (Lipinski definition) is 4. The van der Waals surface area contributed by atoms with E-state index in [-0.39, 0.29) is 18.2 Å². The number of alkyl carbamates (subject to hydrolysis) is 1. The molecule has 1 heterocycles. The van der Waals surface area contributed by atoms with Crippen molar-refractivity contribution < 1.29 is 19.1 Å². The lowest BCUT2D eigenvalue weighted by atomic mass is 9.98. The van der Waals surface area contributed by atoms with Crippen LogP contribution < -0.4 is 16.4 Å². The number of carbonyl (C=O) groups is 3. The first-order chi connectivity index (χ1) is 8.69. The van der Waals surface area contributed by atoms with Crippen molar-refractivity contribution in [3.8, 4) is 0 Å². The van der Waals surface area contributed by atoms with E-state index in [1.54, 1.807) is 20.8 Å². The predicted molar refractivity (Wildman–Crippen MR) is 68.1 cm³/mol. The lowest BCUT2D eigenvalue weighted by Gasteiger charge is -2.23. The Kier molecular flexibility index (Phi) is 4.74. The second-order valence-corrected chi connectivity index (χ2v) is 5.61. The van der Waals surface area contributed by atoms with Gasteiger partial charge in [-0.05, 0) is 33.6 Å². The minimum absolute atomic E-state index is 0.114. The first kappa shape index (κ1) is 15.3. The normalized spacial score (nSPS) is 20.6. The minimum Gasteiger partial charge on any atom is -0.444 e. The standard InChI is InChI=1S/C12H21N3O4/c1-12(2,3)19-11(18)15-8(9(13)16)6-7-4-5-14-10(7)17/h7-8H,4-6H2,1-3H3,(H2,13,16)(H,14,17)(H,15,18). The van der Waals surface area contributed by atoms with Crippen molar-refractivity contribution in [2.75, 3.05) is 6.54 Å². The number of rotatable bonds is 4. The van der Waals surface area contributed by atoms with Crippen molar-refractivity contribution in [3.63, 3.8) is 0 Å². The van der Waals surface area contributed by atoms with E-state index in [9.17, 15) is 14.4 Å². The number of hydrogen-bond donors (Lipinski definition) is 3. The summed E-state index contributed by atoms with van der Waals surface area (Å²) in [6.07, 6.45) is 0.119. The Balaban J connectivity index is 2.56. The Morgan fingerprint density at radius 1 is 1.53 bits per heavy atom. The van der Waals surface area contributed by atoms with Gasteiger partial charge >= 0.3 is 6.09 Å². The van der Waals surface area contributed by atoms with Gasteiger partial charge in [0.2, 0.25) is 11.8 Å². The Labute approximate surface area is 112 Å². The molecule has 0 spiro atoms. The number of primary amides is 1. The first-order valence-corrected chi connectivity index (χ1v) is 6.25. The van der Waals surface area contributed by atoms with Crippen LogP contribution in [0.2, 0.25) is 0 Å². The van der Waals surface area contributed by atoms with Gasteiger partial charge in [-0.2, -0.15) is 0 Å². The van der Waals surface area contributed by atoms with E-state index in [1.165, 1.54) is 0 Å².